The number of carbonyl (C=O) groups is 1. The number of rotatable bonds is 5. The molecule has 1 heterocycles. The Morgan fingerprint density at radius 1 is 1.07 bits per heavy atom. The van der Waals surface area contributed by atoms with Crippen LogP contribution in [0.3, 0.4) is 0 Å². The van der Waals surface area contributed by atoms with Gasteiger partial charge in [0.05, 0.1) is 18.6 Å². The lowest BCUT2D eigenvalue weighted by atomic mass is 9.80. The SMILES string of the molecule is Cc1ccc(COC2CCC3C(=O)C(Oc4cc(C)c(Cl)c(C)c4)=COC3C2)cc1. The van der Waals surface area contributed by atoms with E-state index in [2.05, 4.69) is 31.2 Å². The summed E-state index contributed by atoms with van der Waals surface area (Å²) in [7, 11) is 0. The average Bonchev–Trinajstić information content (AvgIpc) is 2.73. The lowest BCUT2D eigenvalue weighted by Crippen LogP contribution is -2.42. The van der Waals surface area contributed by atoms with Gasteiger partial charge < -0.3 is 14.2 Å². The second kappa shape index (κ2) is 8.83. The van der Waals surface area contributed by atoms with Gasteiger partial charge in [-0.3, -0.25) is 4.79 Å². The first kappa shape index (κ1) is 21.0. The van der Waals surface area contributed by atoms with Crippen LogP contribution in [0.5, 0.6) is 5.75 Å². The molecule has 5 heteroatoms. The van der Waals surface area contributed by atoms with Gasteiger partial charge in [-0.2, -0.15) is 0 Å². The van der Waals surface area contributed by atoms with E-state index < -0.39 is 0 Å². The van der Waals surface area contributed by atoms with E-state index in [9.17, 15) is 4.79 Å². The molecule has 2 aromatic carbocycles. The van der Waals surface area contributed by atoms with E-state index in [4.69, 9.17) is 25.8 Å². The molecule has 3 atom stereocenters. The molecule has 1 fully saturated rings. The van der Waals surface area contributed by atoms with Crippen LogP contribution in [0.25, 0.3) is 0 Å². The van der Waals surface area contributed by atoms with Gasteiger partial charge >= 0.3 is 0 Å². The summed E-state index contributed by atoms with van der Waals surface area (Å²) in [6.07, 6.45) is 3.69. The van der Waals surface area contributed by atoms with Crippen LogP contribution in [-0.2, 0) is 20.9 Å². The Bertz CT molecular complexity index is 941. The van der Waals surface area contributed by atoms with E-state index >= 15 is 0 Å². The summed E-state index contributed by atoms with van der Waals surface area (Å²) >= 11 is 6.22. The van der Waals surface area contributed by atoms with Crippen LogP contribution in [0.2, 0.25) is 5.02 Å². The van der Waals surface area contributed by atoms with Gasteiger partial charge in [-0.25, -0.2) is 0 Å². The van der Waals surface area contributed by atoms with Crippen molar-refractivity contribution in [2.75, 3.05) is 0 Å². The van der Waals surface area contributed by atoms with E-state index in [1.807, 2.05) is 26.0 Å². The predicted octanol–water partition coefficient (Wildman–Crippen LogP) is 5.84. The summed E-state index contributed by atoms with van der Waals surface area (Å²) < 4.78 is 17.9. The number of aryl methyl sites for hydroxylation is 3. The van der Waals surface area contributed by atoms with Crippen molar-refractivity contribution < 1.29 is 19.0 Å². The Morgan fingerprint density at radius 2 is 1.77 bits per heavy atom. The average molecular weight is 427 g/mol. The Kier molecular flexibility index (Phi) is 6.16. The predicted molar refractivity (Wildman–Crippen MR) is 117 cm³/mol. The van der Waals surface area contributed by atoms with E-state index in [1.165, 1.54) is 11.8 Å². The van der Waals surface area contributed by atoms with Crippen molar-refractivity contribution in [3.05, 3.63) is 75.7 Å². The summed E-state index contributed by atoms with van der Waals surface area (Å²) in [4.78, 5) is 13.0. The lowest BCUT2D eigenvalue weighted by Gasteiger charge is -2.37. The molecule has 0 spiro atoms. The number of ketones is 1. The normalized spacial score (nSPS) is 23.4. The molecular weight excluding hydrogens is 400 g/mol. The molecule has 30 heavy (non-hydrogen) atoms. The quantitative estimate of drug-likeness (QED) is 0.602. The van der Waals surface area contributed by atoms with Crippen LogP contribution in [0, 0.1) is 26.7 Å². The highest BCUT2D eigenvalue weighted by Gasteiger charge is 2.41. The van der Waals surface area contributed by atoms with Gasteiger partial charge in [-0.1, -0.05) is 41.4 Å². The Morgan fingerprint density at radius 3 is 2.47 bits per heavy atom. The molecule has 0 saturated heterocycles. The summed E-state index contributed by atoms with van der Waals surface area (Å²) in [5.74, 6) is 0.690. The van der Waals surface area contributed by atoms with Crippen LogP contribution in [0.1, 0.15) is 41.5 Å². The smallest absolute Gasteiger partial charge is 0.207 e. The van der Waals surface area contributed by atoms with Gasteiger partial charge in [0.15, 0.2) is 0 Å². The molecule has 2 aliphatic rings. The summed E-state index contributed by atoms with van der Waals surface area (Å²) in [5.41, 5.74) is 4.23. The first-order valence-corrected chi connectivity index (χ1v) is 10.8. The number of allylic oxidation sites excluding steroid dienone is 1. The molecule has 4 nitrogen and oxygen atoms in total. The van der Waals surface area contributed by atoms with Gasteiger partial charge in [0.1, 0.15) is 18.1 Å². The fourth-order valence-corrected chi connectivity index (χ4v) is 4.26. The van der Waals surface area contributed by atoms with Gasteiger partial charge in [0, 0.05) is 11.4 Å². The zero-order valence-corrected chi connectivity index (χ0v) is 18.4. The molecule has 1 saturated carbocycles. The van der Waals surface area contributed by atoms with E-state index in [-0.39, 0.29) is 29.7 Å². The monoisotopic (exact) mass is 426 g/mol. The van der Waals surface area contributed by atoms with Gasteiger partial charge in [-0.15, -0.1) is 0 Å². The van der Waals surface area contributed by atoms with Crippen LogP contribution in [-0.4, -0.2) is 18.0 Å². The summed E-state index contributed by atoms with van der Waals surface area (Å²) in [6, 6.07) is 12.0. The molecule has 4 rings (SSSR count). The number of fused-ring (bicyclic) bond motifs is 1. The maximum Gasteiger partial charge on any atom is 0.207 e. The number of Topliss-reactive ketones (excluding diaryl/α,β-unsaturated/α-hetero) is 1. The highest BCUT2D eigenvalue weighted by molar-refractivity contribution is 6.32. The lowest BCUT2D eigenvalue weighted by molar-refractivity contribution is -0.134. The van der Waals surface area contributed by atoms with E-state index in [0.29, 0.717) is 23.8 Å². The molecular formula is C25H27ClO4. The van der Waals surface area contributed by atoms with Crippen molar-refractivity contribution in [3.63, 3.8) is 0 Å². The summed E-state index contributed by atoms with van der Waals surface area (Å²) in [5, 5.41) is 0.714. The number of benzene rings is 2. The Hall–Kier alpha value is -2.30. The van der Waals surface area contributed by atoms with Crippen LogP contribution in [0.15, 0.2) is 48.4 Å². The fraction of sp³-hybridized carbons (Fsp3) is 0.400. The Balaban J connectivity index is 1.37. The van der Waals surface area contributed by atoms with Crippen molar-refractivity contribution in [2.24, 2.45) is 5.92 Å². The Labute approximate surface area is 182 Å². The molecule has 0 bridgehead atoms. The van der Waals surface area contributed by atoms with Gasteiger partial charge in [-0.05, 0) is 62.4 Å². The molecule has 3 unspecified atom stereocenters. The first-order valence-electron chi connectivity index (χ1n) is 10.4. The maximum absolute atomic E-state index is 13.0. The van der Waals surface area contributed by atoms with Crippen molar-refractivity contribution in [2.45, 2.75) is 58.8 Å². The molecule has 1 aliphatic carbocycles. The number of halogens is 1. The topological polar surface area (TPSA) is 44.8 Å². The highest BCUT2D eigenvalue weighted by Crippen LogP contribution is 2.36. The van der Waals surface area contributed by atoms with Crippen LogP contribution >= 0.6 is 11.6 Å². The van der Waals surface area contributed by atoms with Crippen molar-refractivity contribution in [1.29, 1.82) is 0 Å². The molecule has 1 aliphatic heterocycles. The largest absolute Gasteiger partial charge is 0.493 e. The maximum atomic E-state index is 13.0. The molecule has 158 valence electrons. The third-order valence-electron chi connectivity index (χ3n) is 5.92. The minimum Gasteiger partial charge on any atom is -0.493 e. The molecule has 0 radical (unpaired) electrons. The number of ether oxygens (including phenoxy) is 3. The van der Waals surface area contributed by atoms with Crippen LogP contribution in [0.4, 0.5) is 0 Å². The third-order valence-corrected chi connectivity index (χ3v) is 6.51. The third kappa shape index (κ3) is 4.55. The standard InChI is InChI=1S/C25H27ClO4/c1-15-4-6-18(7-5-15)13-28-19-8-9-21-22(12-19)29-14-23(25(21)27)30-20-10-16(2)24(26)17(3)11-20/h4-7,10-11,14,19,21-22H,8-9,12-13H2,1-3H3. The summed E-state index contributed by atoms with van der Waals surface area (Å²) in [6.45, 7) is 6.49. The minimum atomic E-state index is -0.182. The number of carbonyl (C=O) groups excluding carboxylic acids is 1. The van der Waals surface area contributed by atoms with Gasteiger partial charge in [0.2, 0.25) is 11.5 Å². The molecule has 2 aromatic rings. The zero-order chi connectivity index (χ0) is 21.3. The second-order valence-corrected chi connectivity index (χ2v) is 8.71. The van der Waals surface area contributed by atoms with Crippen LogP contribution < -0.4 is 4.74 Å². The van der Waals surface area contributed by atoms with Crippen molar-refractivity contribution >= 4 is 17.4 Å². The minimum absolute atomic E-state index is 0.00786. The number of hydrogen-bond acceptors (Lipinski definition) is 4. The zero-order valence-electron chi connectivity index (χ0n) is 17.6. The fourth-order valence-electron chi connectivity index (χ4n) is 4.15. The van der Waals surface area contributed by atoms with Crippen molar-refractivity contribution in [3.8, 4) is 5.75 Å². The highest BCUT2D eigenvalue weighted by atomic mass is 35.5. The molecule has 0 aromatic heterocycles. The van der Waals surface area contributed by atoms with Crippen molar-refractivity contribution in [1.82, 2.24) is 0 Å². The second-order valence-electron chi connectivity index (χ2n) is 8.33. The molecule has 0 amide bonds. The van der Waals surface area contributed by atoms with Gasteiger partial charge in [0.25, 0.3) is 0 Å². The number of hydrogen-bond donors (Lipinski definition) is 0. The van der Waals surface area contributed by atoms with E-state index in [1.54, 1.807) is 0 Å². The molecule has 0 N–H and O–H groups in total. The van der Waals surface area contributed by atoms with E-state index in [0.717, 1.165) is 29.5 Å². The first-order chi connectivity index (χ1) is 14.4.